The fourth-order valence-corrected chi connectivity index (χ4v) is 3.54. The summed E-state index contributed by atoms with van der Waals surface area (Å²) in [6, 6.07) is 21.9. The molecule has 0 aromatic heterocycles. The second-order valence-corrected chi connectivity index (χ2v) is 5.64. The Bertz CT molecular complexity index is 548. The summed E-state index contributed by atoms with van der Waals surface area (Å²) in [6.45, 7) is 2.41. The lowest BCUT2D eigenvalue weighted by molar-refractivity contribution is 0.716. The molecule has 1 saturated carbocycles. The number of hydrogen-bond acceptors (Lipinski definition) is 1. The molecule has 0 amide bonds. The summed E-state index contributed by atoms with van der Waals surface area (Å²) in [4.78, 5) is 2.54. The van der Waals surface area contributed by atoms with Gasteiger partial charge in [-0.25, -0.2) is 0 Å². The van der Waals surface area contributed by atoms with Crippen LogP contribution in [0, 0.1) is 5.92 Å². The fourth-order valence-electron chi connectivity index (χ4n) is 3.54. The van der Waals surface area contributed by atoms with Crippen molar-refractivity contribution in [3.63, 3.8) is 0 Å². The van der Waals surface area contributed by atoms with Gasteiger partial charge in [0.25, 0.3) is 0 Å². The van der Waals surface area contributed by atoms with E-state index >= 15 is 0 Å². The van der Waals surface area contributed by atoms with E-state index in [-0.39, 0.29) is 0 Å². The fraction of sp³-hybridized carbons (Fsp3) is 0.294. The second kappa shape index (κ2) is 3.61. The lowest BCUT2D eigenvalue weighted by atomic mass is 9.95. The smallest absolute Gasteiger partial charge is 0.0366 e. The van der Waals surface area contributed by atoms with Crippen molar-refractivity contribution in [3.8, 4) is 0 Å². The third kappa shape index (κ3) is 1.40. The molecule has 1 aliphatic heterocycles. The standard InChI is InChI=1S/C17H17N/c1-3-7-14(8-4-1)17-11-15(17)12-18(13-17)16-9-5-2-6-10-16/h1-10,15H,11-13H2/t15-,17+/m0/s1. The highest BCUT2D eigenvalue weighted by Crippen LogP contribution is 2.59. The van der Waals surface area contributed by atoms with Crippen molar-refractivity contribution in [1.29, 1.82) is 0 Å². The molecule has 0 N–H and O–H groups in total. The van der Waals surface area contributed by atoms with Gasteiger partial charge in [0.2, 0.25) is 0 Å². The van der Waals surface area contributed by atoms with E-state index in [4.69, 9.17) is 0 Å². The summed E-state index contributed by atoms with van der Waals surface area (Å²) in [6.07, 6.45) is 1.38. The first-order valence-electron chi connectivity index (χ1n) is 6.74. The number of para-hydroxylation sites is 1. The molecule has 0 radical (unpaired) electrons. The average molecular weight is 235 g/mol. The number of rotatable bonds is 2. The molecule has 0 spiro atoms. The predicted molar refractivity (Wildman–Crippen MR) is 74.9 cm³/mol. The minimum absolute atomic E-state index is 0.455. The van der Waals surface area contributed by atoms with Crippen molar-refractivity contribution in [3.05, 3.63) is 66.2 Å². The van der Waals surface area contributed by atoms with Crippen LogP contribution >= 0.6 is 0 Å². The predicted octanol–water partition coefficient (Wildman–Crippen LogP) is 3.46. The Labute approximate surface area is 108 Å². The maximum absolute atomic E-state index is 2.54. The van der Waals surface area contributed by atoms with Gasteiger partial charge in [-0.05, 0) is 30.0 Å². The third-order valence-corrected chi connectivity index (χ3v) is 4.62. The number of piperidine rings is 1. The quantitative estimate of drug-likeness (QED) is 0.770. The van der Waals surface area contributed by atoms with Crippen LogP contribution in [0.3, 0.4) is 0 Å². The van der Waals surface area contributed by atoms with Gasteiger partial charge in [0.15, 0.2) is 0 Å². The van der Waals surface area contributed by atoms with Crippen molar-refractivity contribution >= 4 is 5.69 Å². The molecule has 1 aliphatic carbocycles. The van der Waals surface area contributed by atoms with E-state index in [2.05, 4.69) is 65.6 Å². The summed E-state index contributed by atoms with van der Waals surface area (Å²) in [5.74, 6) is 0.861. The maximum Gasteiger partial charge on any atom is 0.0366 e. The molecule has 1 heterocycles. The summed E-state index contributed by atoms with van der Waals surface area (Å²) >= 11 is 0. The van der Waals surface area contributed by atoms with E-state index in [1.54, 1.807) is 0 Å². The van der Waals surface area contributed by atoms with Crippen LogP contribution in [-0.4, -0.2) is 13.1 Å². The molecule has 90 valence electrons. The molecule has 18 heavy (non-hydrogen) atoms. The van der Waals surface area contributed by atoms with Gasteiger partial charge >= 0.3 is 0 Å². The van der Waals surface area contributed by atoms with Crippen LogP contribution in [0.25, 0.3) is 0 Å². The zero-order valence-electron chi connectivity index (χ0n) is 10.4. The average Bonchev–Trinajstić information content (AvgIpc) is 3.03. The van der Waals surface area contributed by atoms with Crippen LogP contribution in [0.15, 0.2) is 60.7 Å². The molecule has 0 bridgehead atoms. The molecule has 1 heteroatoms. The second-order valence-electron chi connectivity index (χ2n) is 5.64. The molecule has 2 aliphatic rings. The Morgan fingerprint density at radius 2 is 1.56 bits per heavy atom. The molecule has 1 nitrogen and oxygen atoms in total. The van der Waals surface area contributed by atoms with Gasteiger partial charge in [-0.15, -0.1) is 0 Å². The van der Waals surface area contributed by atoms with E-state index in [9.17, 15) is 0 Å². The van der Waals surface area contributed by atoms with Crippen molar-refractivity contribution in [1.82, 2.24) is 0 Å². The van der Waals surface area contributed by atoms with Gasteiger partial charge in [-0.3, -0.25) is 0 Å². The third-order valence-electron chi connectivity index (χ3n) is 4.62. The summed E-state index contributed by atoms with van der Waals surface area (Å²) in [5.41, 5.74) is 3.37. The highest BCUT2D eigenvalue weighted by atomic mass is 15.2. The van der Waals surface area contributed by atoms with Gasteiger partial charge in [-0.2, -0.15) is 0 Å². The minimum Gasteiger partial charge on any atom is -0.370 e. The lowest BCUT2D eigenvalue weighted by Gasteiger charge is -2.23. The monoisotopic (exact) mass is 235 g/mol. The van der Waals surface area contributed by atoms with E-state index in [1.165, 1.54) is 30.8 Å². The van der Waals surface area contributed by atoms with Crippen molar-refractivity contribution in [2.24, 2.45) is 5.92 Å². The molecule has 2 atom stereocenters. The number of anilines is 1. The Morgan fingerprint density at radius 1 is 0.889 bits per heavy atom. The normalized spacial score (nSPS) is 29.1. The molecular weight excluding hydrogens is 218 g/mol. The summed E-state index contributed by atoms with van der Waals surface area (Å²) in [5, 5.41) is 0. The molecule has 2 fully saturated rings. The molecule has 2 aromatic carbocycles. The SMILES string of the molecule is c1ccc(N2C[C@@H]3C[C@]3(c3ccccc3)C2)cc1. The minimum atomic E-state index is 0.455. The molecule has 4 rings (SSSR count). The van der Waals surface area contributed by atoms with E-state index in [1.807, 2.05) is 0 Å². The van der Waals surface area contributed by atoms with Gasteiger partial charge in [0.05, 0.1) is 0 Å². The van der Waals surface area contributed by atoms with Crippen LogP contribution in [0.5, 0.6) is 0 Å². The van der Waals surface area contributed by atoms with Gasteiger partial charge < -0.3 is 4.90 Å². The van der Waals surface area contributed by atoms with Crippen LogP contribution in [0.4, 0.5) is 5.69 Å². The van der Waals surface area contributed by atoms with Crippen molar-refractivity contribution < 1.29 is 0 Å². The molecular formula is C17H17N. The van der Waals surface area contributed by atoms with E-state index in [0.717, 1.165) is 5.92 Å². The van der Waals surface area contributed by atoms with Crippen LogP contribution in [-0.2, 0) is 5.41 Å². The highest BCUT2D eigenvalue weighted by molar-refractivity contribution is 5.53. The first-order valence-corrected chi connectivity index (χ1v) is 6.74. The Hall–Kier alpha value is -1.76. The zero-order valence-corrected chi connectivity index (χ0v) is 10.4. The summed E-state index contributed by atoms with van der Waals surface area (Å²) in [7, 11) is 0. The number of hydrogen-bond donors (Lipinski definition) is 0. The zero-order chi connectivity index (χ0) is 12.0. The van der Waals surface area contributed by atoms with Gasteiger partial charge in [0, 0.05) is 24.2 Å². The Morgan fingerprint density at radius 3 is 2.28 bits per heavy atom. The van der Waals surface area contributed by atoms with Crippen LogP contribution in [0.1, 0.15) is 12.0 Å². The Balaban J connectivity index is 1.62. The number of benzene rings is 2. The van der Waals surface area contributed by atoms with Crippen LogP contribution < -0.4 is 4.90 Å². The van der Waals surface area contributed by atoms with Gasteiger partial charge in [-0.1, -0.05) is 48.5 Å². The van der Waals surface area contributed by atoms with Crippen molar-refractivity contribution in [2.45, 2.75) is 11.8 Å². The first-order chi connectivity index (χ1) is 8.88. The topological polar surface area (TPSA) is 3.24 Å². The van der Waals surface area contributed by atoms with Gasteiger partial charge in [0.1, 0.15) is 0 Å². The first kappa shape index (κ1) is 10.2. The van der Waals surface area contributed by atoms with Crippen LogP contribution in [0.2, 0.25) is 0 Å². The largest absolute Gasteiger partial charge is 0.370 e. The molecule has 2 aromatic rings. The number of nitrogens with zero attached hydrogens (tertiary/aromatic N) is 1. The lowest BCUT2D eigenvalue weighted by Crippen LogP contribution is -2.26. The number of fused-ring (bicyclic) bond motifs is 1. The maximum atomic E-state index is 2.54. The Kier molecular flexibility index (Phi) is 2.05. The van der Waals surface area contributed by atoms with E-state index < -0.39 is 0 Å². The highest BCUT2D eigenvalue weighted by Gasteiger charge is 2.60. The van der Waals surface area contributed by atoms with Crippen molar-refractivity contribution in [2.75, 3.05) is 18.0 Å². The summed E-state index contributed by atoms with van der Waals surface area (Å²) < 4.78 is 0. The molecule has 1 saturated heterocycles. The van der Waals surface area contributed by atoms with E-state index in [0.29, 0.717) is 5.41 Å². The molecule has 0 unspecified atom stereocenters.